The fourth-order valence-corrected chi connectivity index (χ4v) is 1.92. The van der Waals surface area contributed by atoms with Crippen molar-refractivity contribution in [3.05, 3.63) is 58.1 Å². The van der Waals surface area contributed by atoms with Gasteiger partial charge in [-0.05, 0) is 24.3 Å². The molecule has 2 aromatic rings. The standard InChI is InChI=1S/C13H10Cl2N2O/c14-11-7-8(16)6-10(12(11)15)13(18)17-9-4-2-1-3-5-9/h1-7H,16H2,(H,17,18). The normalized spacial score (nSPS) is 10.1. The number of rotatable bonds is 2. The fourth-order valence-electron chi connectivity index (χ4n) is 1.50. The maximum atomic E-state index is 12.0. The van der Waals surface area contributed by atoms with Crippen LogP contribution in [0.3, 0.4) is 0 Å². The maximum absolute atomic E-state index is 12.0. The summed E-state index contributed by atoms with van der Waals surface area (Å²) in [5, 5.41) is 3.17. The summed E-state index contributed by atoms with van der Waals surface area (Å²) in [4.78, 5) is 12.0. The van der Waals surface area contributed by atoms with Gasteiger partial charge < -0.3 is 11.1 Å². The lowest BCUT2D eigenvalue weighted by molar-refractivity contribution is 0.102. The SMILES string of the molecule is Nc1cc(Cl)c(Cl)c(C(=O)Nc2ccccc2)c1. The van der Waals surface area contributed by atoms with Crippen molar-refractivity contribution in [1.29, 1.82) is 0 Å². The Kier molecular flexibility index (Phi) is 3.75. The molecule has 0 aliphatic rings. The highest BCUT2D eigenvalue weighted by atomic mass is 35.5. The van der Waals surface area contributed by atoms with Gasteiger partial charge in [-0.3, -0.25) is 4.79 Å². The lowest BCUT2D eigenvalue weighted by Crippen LogP contribution is -2.13. The van der Waals surface area contributed by atoms with E-state index in [2.05, 4.69) is 5.32 Å². The third-order valence-corrected chi connectivity index (χ3v) is 3.13. The summed E-state index contributed by atoms with van der Waals surface area (Å²) < 4.78 is 0. The number of para-hydroxylation sites is 1. The van der Waals surface area contributed by atoms with Crippen LogP contribution >= 0.6 is 23.2 Å². The number of benzene rings is 2. The number of amides is 1. The number of carbonyl (C=O) groups excluding carboxylic acids is 1. The van der Waals surface area contributed by atoms with Crippen LogP contribution in [-0.2, 0) is 0 Å². The van der Waals surface area contributed by atoms with Crippen LogP contribution < -0.4 is 11.1 Å². The van der Waals surface area contributed by atoms with E-state index in [1.807, 2.05) is 18.2 Å². The minimum absolute atomic E-state index is 0.194. The molecule has 0 saturated heterocycles. The summed E-state index contributed by atoms with van der Waals surface area (Å²) in [5.41, 5.74) is 6.96. The minimum atomic E-state index is -0.347. The molecule has 92 valence electrons. The van der Waals surface area contributed by atoms with E-state index < -0.39 is 0 Å². The second-order valence-electron chi connectivity index (χ2n) is 3.68. The molecular formula is C13H10Cl2N2O. The summed E-state index contributed by atoms with van der Waals surface area (Å²) in [7, 11) is 0. The molecule has 18 heavy (non-hydrogen) atoms. The number of hydrogen-bond acceptors (Lipinski definition) is 2. The first-order valence-electron chi connectivity index (χ1n) is 5.19. The number of anilines is 2. The zero-order valence-electron chi connectivity index (χ0n) is 9.28. The van der Waals surface area contributed by atoms with Gasteiger partial charge >= 0.3 is 0 Å². The van der Waals surface area contributed by atoms with Crippen LogP contribution in [0.1, 0.15) is 10.4 Å². The number of nitrogens with two attached hydrogens (primary N) is 1. The van der Waals surface area contributed by atoms with Crippen molar-refractivity contribution in [2.24, 2.45) is 0 Å². The first-order chi connectivity index (χ1) is 8.58. The number of carbonyl (C=O) groups is 1. The van der Waals surface area contributed by atoms with Gasteiger partial charge in [-0.1, -0.05) is 41.4 Å². The van der Waals surface area contributed by atoms with Crippen LogP contribution in [0.5, 0.6) is 0 Å². The van der Waals surface area contributed by atoms with Crippen molar-refractivity contribution >= 4 is 40.5 Å². The van der Waals surface area contributed by atoms with E-state index in [1.165, 1.54) is 12.1 Å². The van der Waals surface area contributed by atoms with Gasteiger partial charge in [0.1, 0.15) is 0 Å². The molecular weight excluding hydrogens is 271 g/mol. The summed E-state index contributed by atoms with van der Waals surface area (Å²) in [6, 6.07) is 12.1. The number of nitrogen functional groups attached to an aromatic ring is 1. The Morgan fingerprint density at radius 3 is 2.44 bits per heavy atom. The highest BCUT2D eigenvalue weighted by molar-refractivity contribution is 6.44. The first kappa shape index (κ1) is 12.7. The summed E-state index contributed by atoms with van der Waals surface area (Å²) >= 11 is 11.9. The molecule has 0 unspecified atom stereocenters. The molecule has 1 amide bonds. The molecule has 0 bridgehead atoms. The average Bonchev–Trinajstić information content (AvgIpc) is 2.35. The largest absolute Gasteiger partial charge is 0.399 e. The maximum Gasteiger partial charge on any atom is 0.257 e. The smallest absolute Gasteiger partial charge is 0.257 e. The van der Waals surface area contributed by atoms with Crippen LogP contribution in [-0.4, -0.2) is 5.91 Å². The first-order valence-corrected chi connectivity index (χ1v) is 5.94. The Morgan fingerprint density at radius 1 is 1.11 bits per heavy atom. The zero-order chi connectivity index (χ0) is 13.1. The van der Waals surface area contributed by atoms with Crippen molar-refractivity contribution < 1.29 is 4.79 Å². The molecule has 3 N–H and O–H groups in total. The molecule has 0 radical (unpaired) electrons. The minimum Gasteiger partial charge on any atom is -0.399 e. The van der Waals surface area contributed by atoms with Gasteiger partial charge in [-0.15, -0.1) is 0 Å². The van der Waals surface area contributed by atoms with E-state index in [0.29, 0.717) is 11.4 Å². The summed E-state index contributed by atoms with van der Waals surface area (Å²) in [6.07, 6.45) is 0. The number of hydrogen-bond donors (Lipinski definition) is 2. The van der Waals surface area contributed by atoms with Gasteiger partial charge in [-0.25, -0.2) is 0 Å². The van der Waals surface area contributed by atoms with Crippen LogP contribution in [0.25, 0.3) is 0 Å². The predicted molar refractivity (Wildman–Crippen MR) is 75.3 cm³/mol. The van der Waals surface area contributed by atoms with Crippen LogP contribution in [0, 0.1) is 0 Å². The highest BCUT2D eigenvalue weighted by Crippen LogP contribution is 2.29. The number of nitrogens with one attached hydrogen (secondary N) is 1. The highest BCUT2D eigenvalue weighted by Gasteiger charge is 2.14. The van der Waals surface area contributed by atoms with E-state index in [1.54, 1.807) is 12.1 Å². The molecule has 2 rings (SSSR count). The topological polar surface area (TPSA) is 55.1 Å². The molecule has 0 aliphatic heterocycles. The Labute approximate surface area is 115 Å². The third-order valence-electron chi connectivity index (χ3n) is 2.33. The van der Waals surface area contributed by atoms with Gasteiger partial charge in [-0.2, -0.15) is 0 Å². The van der Waals surface area contributed by atoms with Gasteiger partial charge in [0.05, 0.1) is 15.6 Å². The molecule has 0 fully saturated rings. The number of halogens is 2. The fraction of sp³-hybridized carbons (Fsp3) is 0. The predicted octanol–water partition coefficient (Wildman–Crippen LogP) is 3.83. The van der Waals surface area contributed by atoms with Crippen molar-refractivity contribution in [3.8, 4) is 0 Å². The molecule has 0 heterocycles. The molecule has 0 spiro atoms. The van der Waals surface area contributed by atoms with Crippen molar-refractivity contribution in [1.82, 2.24) is 0 Å². The van der Waals surface area contributed by atoms with Crippen molar-refractivity contribution in [2.75, 3.05) is 11.1 Å². The zero-order valence-corrected chi connectivity index (χ0v) is 10.8. The van der Waals surface area contributed by atoms with Crippen LogP contribution in [0.4, 0.5) is 11.4 Å². The summed E-state index contributed by atoms with van der Waals surface area (Å²) in [6.45, 7) is 0. The van der Waals surface area contributed by atoms with E-state index in [9.17, 15) is 4.79 Å². The molecule has 0 saturated carbocycles. The van der Waals surface area contributed by atoms with Crippen LogP contribution in [0.15, 0.2) is 42.5 Å². The van der Waals surface area contributed by atoms with Gasteiger partial charge in [0.25, 0.3) is 5.91 Å². The molecule has 0 atom stereocenters. The van der Waals surface area contributed by atoms with Gasteiger partial charge in [0.15, 0.2) is 0 Å². The summed E-state index contributed by atoms with van der Waals surface area (Å²) in [5.74, 6) is -0.347. The van der Waals surface area contributed by atoms with E-state index in [0.717, 1.165) is 0 Å². The quantitative estimate of drug-likeness (QED) is 0.822. The molecule has 2 aromatic carbocycles. The van der Waals surface area contributed by atoms with Crippen molar-refractivity contribution in [2.45, 2.75) is 0 Å². The second-order valence-corrected chi connectivity index (χ2v) is 4.47. The Bertz CT molecular complexity index is 585. The Morgan fingerprint density at radius 2 is 1.78 bits per heavy atom. The van der Waals surface area contributed by atoms with E-state index >= 15 is 0 Å². The van der Waals surface area contributed by atoms with Gasteiger partial charge in [0.2, 0.25) is 0 Å². The lowest BCUT2D eigenvalue weighted by atomic mass is 10.2. The molecule has 5 heteroatoms. The Hall–Kier alpha value is -1.71. The third kappa shape index (κ3) is 2.75. The molecule has 3 nitrogen and oxygen atoms in total. The molecule has 0 aromatic heterocycles. The lowest BCUT2D eigenvalue weighted by Gasteiger charge is -2.08. The van der Waals surface area contributed by atoms with Gasteiger partial charge in [0, 0.05) is 11.4 Å². The van der Waals surface area contributed by atoms with Crippen molar-refractivity contribution in [3.63, 3.8) is 0 Å². The van der Waals surface area contributed by atoms with Crippen LogP contribution in [0.2, 0.25) is 10.0 Å². The molecule has 0 aliphatic carbocycles. The monoisotopic (exact) mass is 280 g/mol. The Balaban J connectivity index is 2.30. The van der Waals surface area contributed by atoms with E-state index in [4.69, 9.17) is 28.9 Å². The van der Waals surface area contributed by atoms with E-state index in [-0.39, 0.29) is 21.5 Å². The second kappa shape index (κ2) is 5.29. The average molecular weight is 281 g/mol.